The molecule has 2 heteroatoms. The molecule has 2 nitrogen and oxygen atoms in total. The van der Waals surface area contributed by atoms with E-state index in [-0.39, 0.29) is 0 Å². The zero-order chi connectivity index (χ0) is 13.4. The summed E-state index contributed by atoms with van der Waals surface area (Å²) in [6.07, 6.45) is 9.92. The average molecular weight is 255 g/mol. The van der Waals surface area contributed by atoms with E-state index in [1.165, 1.54) is 64.6 Å². The Labute approximate surface area is 114 Å². The summed E-state index contributed by atoms with van der Waals surface area (Å²) >= 11 is 0. The maximum atomic E-state index is 5.40. The van der Waals surface area contributed by atoms with Gasteiger partial charge in [0.25, 0.3) is 0 Å². The molecule has 0 aromatic carbocycles. The van der Waals surface area contributed by atoms with Crippen molar-refractivity contribution in [2.75, 3.05) is 26.7 Å². The van der Waals surface area contributed by atoms with Crippen molar-refractivity contribution in [2.45, 2.75) is 71.8 Å². The van der Waals surface area contributed by atoms with Crippen LogP contribution in [0.15, 0.2) is 0 Å². The minimum absolute atomic E-state index is 0.516. The van der Waals surface area contributed by atoms with Gasteiger partial charge in [-0.3, -0.25) is 0 Å². The van der Waals surface area contributed by atoms with Crippen LogP contribution in [0, 0.1) is 5.41 Å². The van der Waals surface area contributed by atoms with Gasteiger partial charge in [-0.05, 0) is 37.6 Å². The third kappa shape index (κ3) is 7.38. The molecular formula is C16H33NO. The molecule has 18 heavy (non-hydrogen) atoms. The van der Waals surface area contributed by atoms with Crippen molar-refractivity contribution < 1.29 is 4.74 Å². The summed E-state index contributed by atoms with van der Waals surface area (Å²) in [5, 5.41) is 0. The highest BCUT2D eigenvalue weighted by molar-refractivity contribution is 4.72. The molecule has 1 aliphatic rings. The number of hydrogen-bond donors (Lipinski definition) is 0. The molecule has 0 amide bonds. The highest BCUT2D eigenvalue weighted by Crippen LogP contribution is 2.22. The van der Waals surface area contributed by atoms with Crippen LogP contribution in [0.25, 0.3) is 0 Å². The fourth-order valence-electron chi connectivity index (χ4n) is 2.71. The number of unbranched alkanes of at least 4 members (excludes halogenated alkanes) is 3. The van der Waals surface area contributed by atoms with Crippen LogP contribution in [0.4, 0.5) is 0 Å². The van der Waals surface area contributed by atoms with Crippen LogP contribution in [0.5, 0.6) is 0 Å². The van der Waals surface area contributed by atoms with Gasteiger partial charge in [-0.1, -0.05) is 40.0 Å². The second-order valence-electron chi connectivity index (χ2n) is 7.00. The molecule has 108 valence electrons. The first-order chi connectivity index (χ1) is 8.51. The predicted molar refractivity (Wildman–Crippen MR) is 79.0 cm³/mol. The first-order valence-corrected chi connectivity index (χ1v) is 7.76. The lowest BCUT2D eigenvalue weighted by molar-refractivity contribution is 0.0407. The van der Waals surface area contributed by atoms with Crippen molar-refractivity contribution in [1.29, 1.82) is 0 Å². The summed E-state index contributed by atoms with van der Waals surface area (Å²) in [6.45, 7) is 10.8. The topological polar surface area (TPSA) is 12.5 Å². The van der Waals surface area contributed by atoms with Crippen LogP contribution >= 0.6 is 0 Å². The lowest BCUT2D eigenvalue weighted by Crippen LogP contribution is -2.37. The Balaban J connectivity index is 1.93. The summed E-state index contributed by atoms with van der Waals surface area (Å²) < 4.78 is 5.40. The Hall–Kier alpha value is -0.0800. The van der Waals surface area contributed by atoms with Crippen LogP contribution in [0.2, 0.25) is 0 Å². The van der Waals surface area contributed by atoms with E-state index in [9.17, 15) is 0 Å². The Kier molecular flexibility index (Phi) is 7.25. The van der Waals surface area contributed by atoms with E-state index in [2.05, 4.69) is 25.7 Å². The molecule has 1 rings (SSSR count). The standard InChI is InChI=1S/C16H33NO/c1-16(2,3)11-7-5-6-8-12-17-13-9-15(18-4)10-14-17/h15H,5-14H2,1-4H3. The summed E-state index contributed by atoms with van der Waals surface area (Å²) in [5.74, 6) is 0. The maximum Gasteiger partial charge on any atom is 0.0595 e. The molecule has 0 N–H and O–H groups in total. The molecule has 0 aromatic rings. The fourth-order valence-corrected chi connectivity index (χ4v) is 2.71. The number of hydrogen-bond acceptors (Lipinski definition) is 2. The van der Waals surface area contributed by atoms with Crippen molar-refractivity contribution >= 4 is 0 Å². The van der Waals surface area contributed by atoms with Gasteiger partial charge in [-0.2, -0.15) is 0 Å². The second kappa shape index (κ2) is 8.16. The molecule has 1 aliphatic heterocycles. The van der Waals surface area contributed by atoms with Crippen molar-refractivity contribution in [3.05, 3.63) is 0 Å². The van der Waals surface area contributed by atoms with E-state index >= 15 is 0 Å². The van der Waals surface area contributed by atoms with Crippen LogP contribution in [0.3, 0.4) is 0 Å². The number of rotatable bonds is 7. The minimum atomic E-state index is 0.516. The van der Waals surface area contributed by atoms with Gasteiger partial charge in [0.1, 0.15) is 0 Å². The smallest absolute Gasteiger partial charge is 0.0595 e. The number of methoxy groups -OCH3 is 1. The van der Waals surface area contributed by atoms with E-state index in [0.717, 1.165) is 0 Å². The van der Waals surface area contributed by atoms with Gasteiger partial charge in [-0.25, -0.2) is 0 Å². The van der Waals surface area contributed by atoms with Crippen molar-refractivity contribution in [2.24, 2.45) is 5.41 Å². The molecule has 0 aliphatic carbocycles. The van der Waals surface area contributed by atoms with Gasteiger partial charge >= 0.3 is 0 Å². The average Bonchev–Trinajstić information content (AvgIpc) is 2.33. The van der Waals surface area contributed by atoms with Crippen molar-refractivity contribution in [1.82, 2.24) is 4.90 Å². The van der Waals surface area contributed by atoms with E-state index in [4.69, 9.17) is 4.74 Å². The molecule has 0 unspecified atom stereocenters. The van der Waals surface area contributed by atoms with Crippen molar-refractivity contribution in [3.63, 3.8) is 0 Å². The van der Waals surface area contributed by atoms with E-state index in [1.807, 2.05) is 7.11 Å². The number of piperidine rings is 1. The minimum Gasteiger partial charge on any atom is -0.381 e. The molecule has 0 aromatic heterocycles. The Bertz CT molecular complexity index is 202. The normalized spacial score (nSPS) is 19.3. The first kappa shape index (κ1) is 16.0. The molecule has 0 radical (unpaired) electrons. The largest absolute Gasteiger partial charge is 0.381 e. The number of likely N-dealkylation sites (tertiary alicyclic amines) is 1. The third-order valence-corrected chi connectivity index (χ3v) is 4.02. The van der Waals surface area contributed by atoms with Crippen LogP contribution < -0.4 is 0 Å². The van der Waals surface area contributed by atoms with Crippen molar-refractivity contribution in [3.8, 4) is 0 Å². The predicted octanol–water partition coefficient (Wildman–Crippen LogP) is 4.09. The van der Waals surface area contributed by atoms with E-state index in [1.54, 1.807) is 0 Å². The lowest BCUT2D eigenvalue weighted by atomic mass is 9.89. The molecule has 0 spiro atoms. The maximum absolute atomic E-state index is 5.40. The molecule has 0 bridgehead atoms. The van der Waals surface area contributed by atoms with Gasteiger partial charge in [0.2, 0.25) is 0 Å². The summed E-state index contributed by atoms with van der Waals surface area (Å²) in [4.78, 5) is 2.61. The summed E-state index contributed by atoms with van der Waals surface area (Å²) in [7, 11) is 1.84. The van der Waals surface area contributed by atoms with E-state index < -0.39 is 0 Å². The zero-order valence-electron chi connectivity index (χ0n) is 13.0. The molecular weight excluding hydrogens is 222 g/mol. The van der Waals surface area contributed by atoms with Crippen LogP contribution in [0.1, 0.15) is 65.7 Å². The molecule has 1 heterocycles. The third-order valence-electron chi connectivity index (χ3n) is 4.02. The summed E-state index contributed by atoms with van der Waals surface area (Å²) in [5.41, 5.74) is 0.516. The molecule has 0 saturated carbocycles. The van der Waals surface area contributed by atoms with Gasteiger partial charge in [0.15, 0.2) is 0 Å². The number of ether oxygens (including phenoxy) is 1. The summed E-state index contributed by atoms with van der Waals surface area (Å²) in [6, 6.07) is 0. The van der Waals surface area contributed by atoms with Crippen LogP contribution in [-0.2, 0) is 4.74 Å². The molecule has 1 saturated heterocycles. The SMILES string of the molecule is COC1CCN(CCCCCCC(C)(C)C)CC1. The van der Waals surface area contributed by atoms with Gasteiger partial charge in [0.05, 0.1) is 6.10 Å². The van der Waals surface area contributed by atoms with Gasteiger partial charge in [-0.15, -0.1) is 0 Å². The molecule has 0 atom stereocenters. The zero-order valence-corrected chi connectivity index (χ0v) is 13.0. The van der Waals surface area contributed by atoms with E-state index in [0.29, 0.717) is 11.5 Å². The number of nitrogens with zero attached hydrogens (tertiary/aromatic N) is 1. The highest BCUT2D eigenvalue weighted by Gasteiger charge is 2.17. The van der Waals surface area contributed by atoms with Gasteiger partial charge < -0.3 is 9.64 Å². The van der Waals surface area contributed by atoms with Crippen LogP contribution in [-0.4, -0.2) is 37.7 Å². The Morgan fingerprint density at radius 2 is 1.61 bits per heavy atom. The highest BCUT2D eigenvalue weighted by atomic mass is 16.5. The second-order valence-corrected chi connectivity index (χ2v) is 7.00. The monoisotopic (exact) mass is 255 g/mol. The quantitative estimate of drug-likeness (QED) is 0.635. The lowest BCUT2D eigenvalue weighted by Gasteiger charge is -2.31. The van der Waals surface area contributed by atoms with Gasteiger partial charge in [0, 0.05) is 20.2 Å². The Morgan fingerprint density at radius 3 is 2.17 bits per heavy atom. The fraction of sp³-hybridized carbons (Fsp3) is 1.00. The molecule has 1 fully saturated rings. The first-order valence-electron chi connectivity index (χ1n) is 7.76. The Morgan fingerprint density at radius 1 is 1.00 bits per heavy atom.